The first-order valence-corrected chi connectivity index (χ1v) is 11.9. The third-order valence-corrected chi connectivity index (χ3v) is 6.39. The molecule has 2 atom stereocenters. The fourth-order valence-corrected chi connectivity index (χ4v) is 4.22. The summed E-state index contributed by atoms with van der Waals surface area (Å²) in [6.07, 6.45) is 5.72. The molecule has 4 heterocycles. The third-order valence-electron chi connectivity index (χ3n) is 6.09. The number of carbonyl (C=O) groups excluding carboxylic acids is 1. The molecule has 2 aromatic rings. The lowest BCUT2D eigenvalue weighted by molar-refractivity contribution is -0.111. The molecular formula is C25H30ClN5O2. The molecule has 0 spiro atoms. The summed E-state index contributed by atoms with van der Waals surface area (Å²) in [5.41, 5.74) is 1.42. The lowest BCUT2D eigenvalue weighted by atomic mass is 9.96. The summed E-state index contributed by atoms with van der Waals surface area (Å²) in [6, 6.07) is 8.02. The Bertz CT molecular complexity index is 1020. The number of anilines is 2. The molecule has 3 N–H and O–H groups in total. The fraction of sp³-hybridized carbons (Fsp3) is 0.480. The standard InChI is InChI=1S/C25H30ClN5O2/c1-17-5-6-18(14-27-17)7-8-25(32)31-24-13-20(21(26)16-29-24)22-3-2-4-23(30-22)28-15-19-9-11-33-12-10-19/h2-4,13,16-19,27H,5-6,9-12,14-15H2,1H3,(H,28,30)(H,29,31,32)/t17-,18?/m1/s1. The Labute approximate surface area is 200 Å². The number of pyridine rings is 2. The molecule has 4 rings (SSSR count). The summed E-state index contributed by atoms with van der Waals surface area (Å²) in [5, 5.41) is 10.0. The number of amides is 1. The van der Waals surface area contributed by atoms with Crippen molar-refractivity contribution in [1.82, 2.24) is 15.3 Å². The lowest BCUT2D eigenvalue weighted by Gasteiger charge is -2.23. The van der Waals surface area contributed by atoms with Crippen molar-refractivity contribution in [3.8, 4) is 23.1 Å². The highest BCUT2D eigenvalue weighted by Crippen LogP contribution is 2.29. The van der Waals surface area contributed by atoms with Gasteiger partial charge in [-0.2, -0.15) is 0 Å². The van der Waals surface area contributed by atoms with Gasteiger partial charge in [-0.1, -0.05) is 23.6 Å². The van der Waals surface area contributed by atoms with Crippen molar-refractivity contribution < 1.29 is 9.53 Å². The summed E-state index contributed by atoms with van der Waals surface area (Å²) in [6.45, 7) is 5.48. The van der Waals surface area contributed by atoms with Gasteiger partial charge >= 0.3 is 5.91 Å². The SMILES string of the molecule is C[C@@H]1CCC(C#CC(=O)Nc2cc(-c3cccc(NCC4CCOCC4)n3)c(Cl)cn2)CN1. The molecule has 1 unspecified atom stereocenters. The molecular weight excluding hydrogens is 438 g/mol. The maximum atomic E-state index is 12.3. The van der Waals surface area contributed by atoms with Crippen molar-refractivity contribution in [3.63, 3.8) is 0 Å². The predicted molar refractivity (Wildman–Crippen MR) is 131 cm³/mol. The van der Waals surface area contributed by atoms with E-state index in [2.05, 4.69) is 39.7 Å². The van der Waals surface area contributed by atoms with Crippen LogP contribution in [0.1, 0.15) is 32.6 Å². The maximum Gasteiger partial charge on any atom is 0.301 e. The Morgan fingerprint density at radius 3 is 2.88 bits per heavy atom. The van der Waals surface area contributed by atoms with E-state index in [0.717, 1.165) is 57.8 Å². The Kier molecular flexibility index (Phi) is 8.16. The zero-order valence-electron chi connectivity index (χ0n) is 18.9. The number of hydrogen-bond acceptors (Lipinski definition) is 6. The van der Waals surface area contributed by atoms with Crippen LogP contribution >= 0.6 is 11.6 Å². The highest BCUT2D eigenvalue weighted by Gasteiger charge is 2.16. The van der Waals surface area contributed by atoms with Crippen LogP contribution in [0.25, 0.3) is 11.3 Å². The van der Waals surface area contributed by atoms with Crippen molar-refractivity contribution >= 4 is 29.1 Å². The van der Waals surface area contributed by atoms with E-state index in [4.69, 9.17) is 21.3 Å². The highest BCUT2D eigenvalue weighted by molar-refractivity contribution is 6.33. The Hall–Kier alpha value is -2.66. The zero-order valence-corrected chi connectivity index (χ0v) is 19.6. The van der Waals surface area contributed by atoms with Gasteiger partial charge in [0.25, 0.3) is 0 Å². The van der Waals surface area contributed by atoms with E-state index in [0.29, 0.717) is 34.1 Å². The van der Waals surface area contributed by atoms with Crippen LogP contribution in [0.3, 0.4) is 0 Å². The van der Waals surface area contributed by atoms with Gasteiger partial charge in [0.1, 0.15) is 11.6 Å². The van der Waals surface area contributed by atoms with Crippen LogP contribution in [0.4, 0.5) is 11.6 Å². The molecule has 8 heteroatoms. The van der Waals surface area contributed by atoms with E-state index < -0.39 is 0 Å². The zero-order chi connectivity index (χ0) is 23.0. The number of halogens is 1. The number of piperidine rings is 1. The summed E-state index contributed by atoms with van der Waals surface area (Å²) in [4.78, 5) is 21.3. The van der Waals surface area contributed by atoms with Gasteiger partial charge < -0.3 is 15.4 Å². The van der Waals surface area contributed by atoms with Crippen molar-refractivity contribution in [3.05, 3.63) is 35.5 Å². The summed E-state index contributed by atoms with van der Waals surface area (Å²) < 4.78 is 5.43. The molecule has 2 fully saturated rings. The van der Waals surface area contributed by atoms with Crippen LogP contribution in [-0.2, 0) is 9.53 Å². The predicted octanol–water partition coefficient (Wildman–Crippen LogP) is 3.97. The van der Waals surface area contributed by atoms with Crippen molar-refractivity contribution in [2.45, 2.75) is 38.6 Å². The molecule has 33 heavy (non-hydrogen) atoms. The van der Waals surface area contributed by atoms with E-state index in [1.54, 1.807) is 6.07 Å². The first-order valence-electron chi connectivity index (χ1n) is 11.6. The molecule has 174 valence electrons. The minimum absolute atomic E-state index is 0.196. The molecule has 1 amide bonds. The number of nitrogens with zero attached hydrogens (tertiary/aromatic N) is 2. The minimum atomic E-state index is -0.380. The van der Waals surface area contributed by atoms with Gasteiger partial charge in [0.05, 0.1) is 10.7 Å². The summed E-state index contributed by atoms with van der Waals surface area (Å²) in [5.74, 6) is 7.35. The van der Waals surface area contributed by atoms with Crippen LogP contribution in [0.5, 0.6) is 0 Å². The average molecular weight is 468 g/mol. The molecule has 0 bridgehead atoms. The molecule has 2 aromatic heterocycles. The quantitative estimate of drug-likeness (QED) is 0.577. The van der Waals surface area contributed by atoms with E-state index >= 15 is 0 Å². The first-order chi connectivity index (χ1) is 16.1. The van der Waals surface area contributed by atoms with E-state index in [9.17, 15) is 4.79 Å². The van der Waals surface area contributed by atoms with Crippen LogP contribution in [0.15, 0.2) is 30.5 Å². The number of nitrogens with one attached hydrogen (secondary N) is 3. The molecule has 0 aliphatic carbocycles. The van der Waals surface area contributed by atoms with Gasteiger partial charge in [-0.3, -0.25) is 10.1 Å². The van der Waals surface area contributed by atoms with E-state index in [-0.39, 0.29) is 11.8 Å². The Balaban J connectivity index is 1.40. The molecule has 0 saturated carbocycles. The van der Waals surface area contributed by atoms with Crippen molar-refractivity contribution in [1.29, 1.82) is 0 Å². The molecule has 2 aliphatic rings. The fourth-order valence-electron chi connectivity index (χ4n) is 4.02. The van der Waals surface area contributed by atoms with Gasteiger partial charge in [0.2, 0.25) is 0 Å². The second-order valence-electron chi connectivity index (χ2n) is 8.70. The monoisotopic (exact) mass is 467 g/mol. The minimum Gasteiger partial charge on any atom is -0.381 e. The topological polar surface area (TPSA) is 88.2 Å². The van der Waals surface area contributed by atoms with E-state index in [1.165, 1.54) is 6.20 Å². The van der Waals surface area contributed by atoms with Gasteiger partial charge in [0.15, 0.2) is 0 Å². The highest BCUT2D eigenvalue weighted by atomic mass is 35.5. The largest absolute Gasteiger partial charge is 0.381 e. The molecule has 0 radical (unpaired) electrons. The Morgan fingerprint density at radius 1 is 1.24 bits per heavy atom. The lowest BCUT2D eigenvalue weighted by Crippen LogP contribution is -2.36. The van der Waals surface area contributed by atoms with Gasteiger partial charge in [-0.25, -0.2) is 9.97 Å². The summed E-state index contributed by atoms with van der Waals surface area (Å²) >= 11 is 6.41. The smallest absolute Gasteiger partial charge is 0.301 e. The average Bonchev–Trinajstić information content (AvgIpc) is 2.84. The molecule has 2 aliphatic heterocycles. The molecule has 7 nitrogen and oxygen atoms in total. The normalized spacial score (nSPS) is 21.0. The van der Waals surface area contributed by atoms with E-state index in [1.807, 2.05) is 18.2 Å². The first kappa shape index (κ1) is 23.5. The second-order valence-corrected chi connectivity index (χ2v) is 9.11. The van der Waals surface area contributed by atoms with Crippen molar-refractivity contribution in [2.24, 2.45) is 11.8 Å². The summed E-state index contributed by atoms with van der Waals surface area (Å²) in [7, 11) is 0. The van der Waals surface area contributed by atoms with Crippen LogP contribution < -0.4 is 16.0 Å². The van der Waals surface area contributed by atoms with Crippen molar-refractivity contribution in [2.75, 3.05) is 36.9 Å². The molecule has 2 saturated heterocycles. The number of ether oxygens (including phenoxy) is 1. The Morgan fingerprint density at radius 2 is 2.09 bits per heavy atom. The van der Waals surface area contributed by atoms with Crippen LogP contribution in [0.2, 0.25) is 5.02 Å². The second kappa shape index (κ2) is 11.5. The number of hydrogen-bond donors (Lipinski definition) is 3. The van der Waals surface area contributed by atoms with Gasteiger partial charge in [-0.15, -0.1) is 0 Å². The van der Waals surface area contributed by atoms with Crippen LogP contribution in [-0.4, -0.2) is 48.2 Å². The van der Waals surface area contributed by atoms with Gasteiger partial charge in [-0.05, 0) is 62.6 Å². The molecule has 0 aromatic carbocycles. The number of aromatic nitrogens is 2. The van der Waals surface area contributed by atoms with Crippen LogP contribution in [0, 0.1) is 23.7 Å². The van der Waals surface area contributed by atoms with Gasteiger partial charge in [0, 0.05) is 50.0 Å². The number of rotatable bonds is 5. The maximum absolute atomic E-state index is 12.3. The third kappa shape index (κ3) is 6.91. The number of carbonyl (C=O) groups is 1.